The largest absolute Gasteiger partial charge is 0.454 e. The Hall–Kier alpha value is -2.56. The van der Waals surface area contributed by atoms with E-state index in [0.29, 0.717) is 6.08 Å². The van der Waals surface area contributed by atoms with Crippen LogP contribution in [0, 0.1) is 0 Å². The highest BCUT2D eigenvalue weighted by Gasteiger charge is 2.36. The smallest absolute Gasteiger partial charge is 0.317 e. The summed E-state index contributed by atoms with van der Waals surface area (Å²) in [7, 11) is 0. The lowest BCUT2D eigenvalue weighted by molar-refractivity contribution is -0.165. The van der Waals surface area contributed by atoms with Crippen LogP contribution in [0.5, 0.6) is 0 Å². The molecule has 1 aliphatic rings. The van der Waals surface area contributed by atoms with E-state index in [2.05, 4.69) is 0 Å². The van der Waals surface area contributed by atoms with Crippen molar-refractivity contribution in [3.63, 3.8) is 0 Å². The molecule has 0 saturated carbocycles. The lowest BCUT2D eigenvalue weighted by Gasteiger charge is -2.23. The average molecular weight is 317 g/mol. The molecule has 23 heavy (non-hydrogen) atoms. The number of alkyl halides is 3. The summed E-state index contributed by atoms with van der Waals surface area (Å²) in [6.45, 7) is 0. The molecule has 0 atom stereocenters. The van der Waals surface area contributed by atoms with Crippen LogP contribution in [0.15, 0.2) is 60.8 Å². The monoisotopic (exact) mass is 317 g/mol. The Morgan fingerprint density at radius 3 is 1.87 bits per heavy atom. The molecule has 2 nitrogen and oxygen atoms in total. The molecule has 118 valence electrons. The Kier molecular flexibility index (Phi) is 3.94. The number of halogens is 3. The molecule has 2 aromatic carbocycles. The van der Waals surface area contributed by atoms with Crippen molar-refractivity contribution in [2.24, 2.45) is 0 Å². The molecule has 0 N–H and O–H groups in total. The van der Waals surface area contributed by atoms with Crippen LogP contribution in [0.25, 0.3) is 0 Å². The van der Waals surface area contributed by atoms with Gasteiger partial charge in [0.25, 0.3) is 5.78 Å². The quantitative estimate of drug-likeness (QED) is 0.756. The summed E-state index contributed by atoms with van der Waals surface area (Å²) in [4.78, 5) is 12.8. The zero-order valence-corrected chi connectivity index (χ0v) is 12.2. The van der Waals surface area contributed by atoms with E-state index in [0.717, 1.165) is 35.3 Å². The molecular formula is C18H14F3NO. The Morgan fingerprint density at radius 2 is 1.39 bits per heavy atom. The molecule has 3 rings (SSSR count). The van der Waals surface area contributed by atoms with Crippen LogP contribution in [-0.2, 0) is 17.6 Å². The molecule has 5 heteroatoms. The zero-order valence-electron chi connectivity index (χ0n) is 12.2. The Labute approximate surface area is 131 Å². The van der Waals surface area contributed by atoms with Crippen LogP contribution in [0.4, 0.5) is 24.5 Å². The van der Waals surface area contributed by atoms with Gasteiger partial charge in [0.1, 0.15) is 0 Å². The van der Waals surface area contributed by atoms with Gasteiger partial charge >= 0.3 is 6.18 Å². The molecule has 0 aromatic heterocycles. The number of ketones is 1. The second kappa shape index (κ2) is 5.91. The maximum Gasteiger partial charge on any atom is 0.454 e. The average Bonchev–Trinajstić information content (AvgIpc) is 2.69. The number of benzene rings is 2. The van der Waals surface area contributed by atoms with E-state index in [9.17, 15) is 18.0 Å². The molecule has 0 spiro atoms. The van der Waals surface area contributed by atoms with Crippen molar-refractivity contribution >= 4 is 17.2 Å². The summed E-state index contributed by atoms with van der Waals surface area (Å²) in [5.74, 6) is -1.86. The maximum absolute atomic E-state index is 12.5. The normalized spacial score (nSPS) is 14.3. The SMILES string of the molecule is O=C(/C=C/N1c2ccccc2CCc2ccccc21)C(F)(F)F. The fourth-order valence-electron chi connectivity index (χ4n) is 2.71. The van der Waals surface area contributed by atoms with Crippen molar-refractivity contribution in [2.75, 3.05) is 4.90 Å². The number of aryl methyl sites for hydroxylation is 2. The number of anilines is 2. The third kappa shape index (κ3) is 3.13. The van der Waals surface area contributed by atoms with Gasteiger partial charge < -0.3 is 4.90 Å². The standard InChI is InChI=1S/C18H14F3NO/c19-18(20,21)17(23)11-12-22-15-7-3-1-5-13(15)9-10-14-6-2-4-8-16(14)22/h1-8,11-12H,9-10H2/b12-11+. The van der Waals surface area contributed by atoms with E-state index in [1.54, 1.807) is 4.90 Å². The number of hydrogen-bond acceptors (Lipinski definition) is 2. The first-order chi connectivity index (χ1) is 11.0. The summed E-state index contributed by atoms with van der Waals surface area (Å²) in [5, 5.41) is 0. The van der Waals surface area contributed by atoms with E-state index in [-0.39, 0.29) is 0 Å². The third-order valence-electron chi connectivity index (χ3n) is 3.82. The number of allylic oxidation sites excluding steroid dienone is 1. The molecule has 0 amide bonds. The van der Waals surface area contributed by atoms with E-state index in [1.807, 2.05) is 48.5 Å². The minimum absolute atomic E-state index is 0.582. The number of rotatable bonds is 2. The van der Waals surface area contributed by atoms with Gasteiger partial charge in [0, 0.05) is 23.7 Å². The first-order valence-corrected chi connectivity index (χ1v) is 7.21. The number of carbonyl (C=O) groups is 1. The summed E-state index contributed by atoms with van der Waals surface area (Å²) < 4.78 is 37.4. The van der Waals surface area contributed by atoms with Crippen molar-refractivity contribution in [2.45, 2.75) is 19.0 Å². The van der Waals surface area contributed by atoms with Crippen molar-refractivity contribution in [1.29, 1.82) is 0 Å². The summed E-state index contributed by atoms with van der Waals surface area (Å²) in [5.41, 5.74) is 3.66. The highest BCUT2D eigenvalue weighted by molar-refractivity contribution is 5.95. The number of fused-ring (bicyclic) bond motifs is 2. The molecule has 1 heterocycles. The summed E-state index contributed by atoms with van der Waals surface area (Å²) >= 11 is 0. The summed E-state index contributed by atoms with van der Waals surface area (Å²) in [6, 6.07) is 15.1. The van der Waals surface area contributed by atoms with E-state index >= 15 is 0 Å². The molecule has 1 aliphatic heterocycles. The van der Waals surface area contributed by atoms with Crippen molar-refractivity contribution in [1.82, 2.24) is 0 Å². The Morgan fingerprint density at radius 1 is 0.913 bits per heavy atom. The van der Waals surface area contributed by atoms with Crippen molar-refractivity contribution in [3.8, 4) is 0 Å². The lowest BCUT2D eigenvalue weighted by Crippen LogP contribution is -2.21. The number of nitrogens with zero attached hydrogens (tertiary/aromatic N) is 1. The van der Waals surface area contributed by atoms with Gasteiger partial charge in [0.15, 0.2) is 0 Å². The molecule has 2 aromatic rings. The highest BCUT2D eigenvalue weighted by atomic mass is 19.4. The molecule has 0 radical (unpaired) electrons. The van der Waals surface area contributed by atoms with Crippen LogP contribution in [-0.4, -0.2) is 12.0 Å². The summed E-state index contributed by atoms with van der Waals surface area (Å²) in [6.07, 6.45) is -1.48. The van der Waals surface area contributed by atoms with Gasteiger partial charge in [0.2, 0.25) is 0 Å². The molecule has 0 unspecified atom stereocenters. The predicted octanol–water partition coefficient (Wildman–Crippen LogP) is 4.57. The Balaban J connectivity index is 2.07. The van der Waals surface area contributed by atoms with Gasteiger partial charge in [-0.3, -0.25) is 4.79 Å². The van der Waals surface area contributed by atoms with Gasteiger partial charge in [0.05, 0.1) is 0 Å². The van der Waals surface area contributed by atoms with Crippen LogP contribution in [0.2, 0.25) is 0 Å². The van der Waals surface area contributed by atoms with Crippen LogP contribution < -0.4 is 4.90 Å². The van der Waals surface area contributed by atoms with Gasteiger partial charge in [-0.05, 0) is 36.1 Å². The van der Waals surface area contributed by atoms with Crippen LogP contribution >= 0.6 is 0 Å². The Bertz CT molecular complexity index is 717. The van der Waals surface area contributed by atoms with Crippen molar-refractivity contribution < 1.29 is 18.0 Å². The van der Waals surface area contributed by atoms with Gasteiger partial charge in [-0.1, -0.05) is 36.4 Å². The van der Waals surface area contributed by atoms with Gasteiger partial charge in [-0.25, -0.2) is 0 Å². The van der Waals surface area contributed by atoms with E-state index in [4.69, 9.17) is 0 Å². The number of para-hydroxylation sites is 2. The van der Waals surface area contributed by atoms with E-state index < -0.39 is 12.0 Å². The topological polar surface area (TPSA) is 20.3 Å². The highest BCUT2D eigenvalue weighted by Crippen LogP contribution is 2.36. The minimum atomic E-state index is -4.86. The van der Waals surface area contributed by atoms with Crippen LogP contribution in [0.1, 0.15) is 11.1 Å². The fourth-order valence-corrected chi connectivity index (χ4v) is 2.71. The first kappa shape index (κ1) is 15.3. The second-order valence-electron chi connectivity index (χ2n) is 5.31. The number of hydrogen-bond donors (Lipinski definition) is 0. The van der Waals surface area contributed by atoms with E-state index in [1.165, 1.54) is 6.20 Å². The predicted molar refractivity (Wildman–Crippen MR) is 82.6 cm³/mol. The first-order valence-electron chi connectivity index (χ1n) is 7.21. The van der Waals surface area contributed by atoms with Gasteiger partial charge in [-0.15, -0.1) is 0 Å². The van der Waals surface area contributed by atoms with Crippen molar-refractivity contribution in [3.05, 3.63) is 71.9 Å². The second-order valence-corrected chi connectivity index (χ2v) is 5.31. The maximum atomic E-state index is 12.5. The minimum Gasteiger partial charge on any atom is -0.317 e. The fraction of sp³-hybridized carbons (Fsp3) is 0.167. The molecular weight excluding hydrogens is 303 g/mol. The molecule has 0 saturated heterocycles. The molecule has 0 bridgehead atoms. The molecule has 0 fully saturated rings. The molecule has 0 aliphatic carbocycles. The number of carbonyl (C=O) groups excluding carboxylic acids is 1. The third-order valence-corrected chi connectivity index (χ3v) is 3.82. The lowest BCUT2D eigenvalue weighted by atomic mass is 10.0. The van der Waals surface area contributed by atoms with Crippen LogP contribution in [0.3, 0.4) is 0 Å². The van der Waals surface area contributed by atoms with Gasteiger partial charge in [-0.2, -0.15) is 13.2 Å². The zero-order chi connectivity index (χ0) is 16.4.